The van der Waals surface area contributed by atoms with Crippen LogP contribution in [0.25, 0.3) is 10.8 Å². The van der Waals surface area contributed by atoms with E-state index in [1.54, 1.807) is 28.0 Å². The maximum Gasteiger partial charge on any atom is 0.256 e. The van der Waals surface area contributed by atoms with Gasteiger partial charge in [0.05, 0.1) is 30.5 Å². The van der Waals surface area contributed by atoms with Crippen molar-refractivity contribution in [2.24, 2.45) is 0 Å². The molecular formula is C36H34ClN3O6. The quantitative estimate of drug-likeness (QED) is 0.241. The summed E-state index contributed by atoms with van der Waals surface area (Å²) in [5.41, 5.74) is 4.12. The number of aromatic hydroxyl groups is 1. The fourth-order valence-corrected chi connectivity index (χ4v) is 7.23. The van der Waals surface area contributed by atoms with Crippen LogP contribution in [0.2, 0.25) is 0 Å². The fraction of sp³-hybridized carbons (Fsp3) is 0.306. The Morgan fingerprint density at radius 1 is 1.00 bits per heavy atom. The number of hydrogen-bond acceptors (Lipinski definition) is 6. The van der Waals surface area contributed by atoms with Crippen LogP contribution in [0, 0.1) is 0 Å². The summed E-state index contributed by atoms with van der Waals surface area (Å²) in [6.07, 6.45) is 2.57. The van der Waals surface area contributed by atoms with Gasteiger partial charge in [0.2, 0.25) is 11.8 Å². The number of phenolic OH excluding ortho intramolecular Hbond substituents is 1. The molecule has 1 saturated heterocycles. The van der Waals surface area contributed by atoms with Crippen LogP contribution in [0.1, 0.15) is 52.2 Å². The summed E-state index contributed by atoms with van der Waals surface area (Å²) in [7, 11) is 1.51. The highest BCUT2D eigenvalue weighted by atomic mass is 35.5. The molecule has 4 aromatic carbocycles. The Morgan fingerprint density at radius 2 is 1.80 bits per heavy atom. The van der Waals surface area contributed by atoms with Crippen LogP contribution >= 0.6 is 11.6 Å². The molecule has 10 heteroatoms. The number of fused-ring (bicyclic) bond motifs is 5. The standard InChI is InChI=1S/C36H34ClN3O6/c1-45-31-15-26-27(38-35(43)28-11-4-5-12-39(28)36(26)44)16-32(31)46-20-22-8-6-7-21(13-22)14-33(42)40-19-23(18-37)34-25-10-3-2-9-24(25)30(41)17-29(34)40/h2-3,6-10,13,15-17,23,28,41H,4-5,11-12,14,18-20H2,1H3,(H,38,43)/t23-,28+/m1/s1. The number of piperidine rings is 1. The summed E-state index contributed by atoms with van der Waals surface area (Å²) in [5, 5.41) is 15.3. The number of nitrogens with one attached hydrogen (secondary N) is 1. The molecule has 0 unspecified atom stereocenters. The molecule has 4 aromatic rings. The number of amides is 3. The first-order valence-corrected chi connectivity index (χ1v) is 16.0. The number of nitrogens with zero attached hydrogens (tertiary/aromatic N) is 2. The normalized spacial score (nSPS) is 18.8. The zero-order valence-corrected chi connectivity index (χ0v) is 26.2. The van der Waals surface area contributed by atoms with E-state index in [-0.39, 0.29) is 42.4 Å². The molecule has 0 aromatic heterocycles. The number of ether oxygens (including phenoxy) is 2. The second-order valence-corrected chi connectivity index (χ2v) is 12.4. The van der Waals surface area contributed by atoms with E-state index in [2.05, 4.69) is 5.32 Å². The first-order valence-electron chi connectivity index (χ1n) is 15.5. The summed E-state index contributed by atoms with van der Waals surface area (Å²) in [4.78, 5) is 43.4. The van der Waals surface area contributed by atoms with Crippen molar-refractivity contribution in [2.75, 3.05) is 36.3 Å². The van der Waals surface area contributed by atoms with E-state index < -0.39 is 6.04 Å². The molecule has 3 aliphatic rings. The monoisotopic (exact) mass is 639 g/mol. The molecule has 3 heterocycles. The Labute approximate surface area is 271 Å². The third-order valence-corrected chi connectivity index (χ3v) is 9.60. The first kappa shape index (κ1) is 29.9. The molecular weight excluding hydrogens is 606 g/mol. The minimum absolute atomic E-state index is 0.0388. The lowest BCUT2D eigenvalue weighted by molar-refractivity contribution is -0.121. The summed E-state index contributed by atoms with van der Waals surface area (Å²) in [6.45, 7) is 1.17. The van der Waals surface area contributed by atoms with Gasteiger partial charge in [-0.25, -0.2) is 0 Å². The van der Waals surface area contributed by atoms with E-state index >= 15 is 0 Å². The largest absolute Gasteiger partial charge is 0.507 e. The highest BCUT2D eigenvalue weighted by molar-refractivity contribution is 6.19. The highest BCUT2D eigenvalue weighted by Crippen LogP contribution is 2.45. The van der Waals surface area contributed by atoms with Gasteiger partial charge in [0, 0.05) is 42.4 Å². The number of benzene rings is 4. The average molecular weight is 640 g/mol. The van der Waals surface area contributed by atoms with Crippen molar-refractivity contribution in [3.05, 3.63) is 89.0 Å². The minimum atomic E-state index is -0.477. The number of alkyl halides is 1. The van der Waals surface area contributed by atoms with Crippen LogP contribution in [0.4, 0.5) is 11.4 Å². The Hall–Kier alpha value is -4.76. The molecule has 7 rings (SSSR count). The lowest BCUT2D eigenvalue weighted by Crippen LogP contribution is -2.47. The molecule has 2 N–H and O–H groups in total. The third kappa shape index (κ3) is 5.28. The summed E-state index contributed by atoms with van der Waals surface area (Å²) >= 11 is 6.36. The lowest BCUT2D eigenvalue weighted by atomic mass is 9.95. The number of phenols is 1. The predicted molar refractivity (Wildman–Crippen MR) is 176 cm³/mol. The second-order valence-electron chi connectivity index (χ2n) is 12.1. The smallest absolute Gasteiger partial charge is 0.256 e. The SMILES string of the molecule is COc1cc2c(cc1OCc1cccc(CC(=O)N3C[C@@H](CCl)c4c3cc(O)c3ccccc43)c1)NC(=O)[C@@H]1CCCCN1C2=O. The third-order valence-electron chi connectivity index (χ3n) is 9.23. The molecule has 2 atom stereocenters. The molecule has 0 radical (unpaired) electrons. The molecule has 0 bridgehead atoms. The second kappa shape index (κ2) is 12.2. The van der Waals surface area contributed by atoms with Crippen molar-refractivity contribution in [2.45, 2.75) is 44.2 Å². The van der Waals surface area contributed by atoms with Crippen molar-refractivity contribution in [3.8, 4) is 17.2 Å². The summed E-state index contributed by atoms with van der Waals surface area (Å²) < 4.78 is 11.7. The van der Waals surface area contributed by atoms with Crippen LogP contribution in [0.3, 0.4) is 0 Å². The number of methoxy groups -OCH3 is 1. The number of hydrogen-bond donors (Lipinski definition) is 2. The Kier molecular flexibility index (Phi) is 7.94. The maximum atomic E-state index is 13.7. The van der Waals surface area contributed by atoms with E-state index in [0.29, 0.717) is 53.8 Å². The Bertz CT molecular complexity index is 1880. The van der Waals surface area contributed by atoms with Gasteiger partial charge in [-0.15, -0.1) is 11.6 Å². The Morgan fingerprint density at radius 3 is 2.61 bits per heavy atom. The predicted octanol–water partition coefficient (Wildman–Crippen LogP) is 5.99. The van der Waals surface area contributed by atoms with Crippen LogP contribution in [-0.2, 0) is 22.6 Å². The van der Waals surface area contributed by atoms with Gasteiger partial charge in [0.15, 0.2) is 11.5 Å². The van der Waals surface area contributed by atoms with Gasteiger partial charge >= 0.3 is 0 Å². The van der Waals surface area contributed by atoms with Gasteiger partial charge in [-0.3, -0.25) is 14.4 Å². The van der Waals surface area contributed by atoms with Gasteiger partial charge < -0.3 is 29.7 Å². The zero-order valence-electron chi connectivity index (χ0n) is 25.4. The minimum Gasteiger partial charge on any atom is -0.507 e. The van der Waals surface area contributed by atoms with Crippen LogP contribution in [0.15, 0.2) is 66.7 Å². The number of carbonyl (C=O) groups is 3. The molecule has 1 fully saturated rings. The van der Waals surface area contributed by atoms with Crippen LogP contribution < -0.4 is 19.7 Å². The molecule has 236 valence electrons. The number of halogens is 1. The average Bonchev–Trinajstić information content (AvgIpc) is 3.41. The van der Waals surface area contributed by atoms with Gasteiger partial charge in [-0.1, -0.05) is 48.5 Å². The molecule has 0 saturated carbocycles. The van der Waals surface area contributed by atoms with E-state index in [9.17, 15) is 19.5 Å². The van der Waals surface area contributed by atoms with E-state index in [4.69, 9.17) is 21.1 Å². The van der Waals surface area contributed by atoms with E-state index in [1.807, 2.05) is 48.5 Å². The van der Waals surface area contributed by atoms with Gasteiger partial charge in [-0.2, -0.15) is 0 Å². The van der Waals surface area contributed by atoms with Crippen molar-refractivity contribution in [3.63, 3.8) is 0 Å². The van der Waals surface area contributed by atoms with Gasteiger partial charge in [0.25, 0.3) is 5.91 Å². The number of rotatable bonds is 7. The van der Waals surface area contributed by atoms with E-state index in [0.717, 1.165) is 40.3 Å². The highest BCUT2D eigenvalue weighted by Gasteiger charge is 2.38. The van der Waals surface area contributed by atoms with Crippen LogP contribution in [0.5, 0.6) is 17.2 Å². The summed E-state index contributed by atoms with van der Waals surface area (Å²) in [6, 6.07) is 19.7. The molecule has 3 aliphatic heterocycles. The topological polar surface area (TPSA) is 108 Å². The number of carbonyl (C=O) groups excluding carboxylic acids is 3. The summed E-state index contributed by atoms with van der Waals surface area (Å²) in [5.74, 6) is 0.761. The van der Waals surface area contributed by atoms with E-state index in [1.165, 1.54) is 7.11 Å². The molecule has 0 aliphatic carbocycles. The van der Waals surface area contributed by atoms with Gasteiger partial charge in [0.1, 0.15) is 18.4 Å². The first-order chi connectivity index (χ1) is 22.4. The molecule has 3 amide bonds. The molecule has 0 spiro atoms. The molecule has 9 nitrogen and oxygen atoms in total. The zero-order chi connectivity index (χ0) is 31.9. The van der Waals surface area contributed by atoms with Crippen molar-refractivity contribution >= 4 is 51.5 Å². The van der Waals surface area contributed by atoms with Crippen molar-refractivity contribution < 1.29 is 29.0 Å². The van der Waals surface area contributed by atoms with Crippen molar-refractivity contribution in [1.29, 1.82) is 0 Å². The van der Waals surface area contributed by atoms with Crippen molar-refractivity contribution in [1.82, 2.24) is 4.90 Å². The lowest BCUT2D eigenvalue weighted by Gasteiger charge is -2.32. The van der Waals surface area contributed by atoms with Gasteiger partial charge in [-0.05, 0) is 47.4 Å². The van der Waals surface area contributed by atoms with Crippen LogP contribution in [-0.4, -0.2) is 59.8 Å². The molecule has 46 heavy (non-hydrogen) atoms. The Balaban J connectivity index is 1.09. The maximum absolute atomic E-state index is 13.7. The fourth-order valence-electron chi connectivity index (χ4n) is 6.98. The number of anilines is 2.